The van der Waals surface area contributed by atoms with Gasteiger partial charge in [0.2, 0.25) is 11.8 Å². The fourth-order valence-corrected chi connectivity index (χ4v) is 1.40. The second-order valence-electron chi connectivity index (χ2n) is 3.55. The van der Waals surface area contributed by atoms with E-state index in [4.69, 9.17) is 10.2 Å². The Balaban J connectivity index is 2.24. The predicted octanol–water partition coefficient (Wildman–Crippen LogP) is -0.374. The lowest BCUT2D eigenvalue weighted by molar-refractivity contribution is 0.0684. The number of hydrogen-bond donors (Lipinski definition) is 5. The molecule has 0 unspecified atom stereocenters. The average Bonchev–Trinajstić information content (AvgIpc) is 2.88. The number of carbonyl (C=O) groups is 1. The van der Waals surface area contributed by atoms with Crippen LogP contribution in [-0.4, -0.2) is 41.5 Å². The van der Waals surface area contributed by atoms with Crippen LogP contribution in [0.1, 0.15) is 22.0 Å². The molecule has 0 atom stereocenters. The summed E-state index contributed by atoms with van der Waals surface area (Å²) in [6.45, 7) is -0.580. The Morgan fingerprint density at radius 3 is 2.63 bits per heavy atom. The first kappa shape index (κ1) is 12.9. The van der Waals surface area contributed by atoms with Gasteiger partial charge in [0.1, 0.15) is 0 Å². The number of anilines is 2. The highest BCUT2D eigenvalue weighted by Crippen LogP contribution is 2.18. The van der Waals surface area contributed by atoms with Crippen LogP contribution in [0.4, 0.5) is 11.6 Å². The molecule has 0 aromatic carbocycles. The highest BCUT2D eigenvalue weighted by atomic mass is 16.4. The number of aliphatic hydroxyl groups is 2. The van der Waals surface area contributed by atoms with Crippen molar-refractivity contribution in [2.24, 2.45) is 0 Å². The predicted molar refractivity (Wildman–Crippen MR) is 62.7 cm³/mol. The van der Waals surface area contributed by atoms with Gasteiger partial charge in [0, 0.05) is 0 Å². The fourth-order valence-electron chi connectivity index (χ4n) is 1.40. The van der Waals surface area contributed by atoms with Gasteiger partial charge in [-0.2, -0.15) is 4.98 Å². The van der Waals surface area contributed by atoms with Crippen molar-refractivity contribution in [3.8, 4) is 0 Å². The van der Waals surface area contributed by atoms with Crippen molar-refractivity contribution in [2.45, 2.75) is 13.2 Å². The van der Waals surface area contributed by atoms with Crippen LogP contribution in [0.3, 0.4) is 0 Å². The van der Waals surface area contributed by atoms with E-state index in [-0.39, 0.29) is 25.0 Å². The quantitative estimate of drug-likeness (QED) is 0.492. The molecule has 2 aromatic heterocycles. The van der Waals surface area contributed by atoms with Gasteiger partial charge < -0.3 is 20.6 Å². The standard InChI is InChI=1S/C10H11N5O4/c16-3-5-1-2-6(7(4-17)11-5)12-10-13-8(9(18)19)14-15-10/h1-2,16-17H,3-4H2,(H,18,19)(H2,12,13,14,15). The van der Waals surface area contributed by atoms with E-state index in [2.05, 4.69) is 25.5 Å². The van der Waals surface area contributed by atoms with Gasteiger partial charge in [0.25, 0.3) is 0 Å². The molecule has 0 aliphatic rings. The molecule has 0 amide bonds. The van der Waals surface area contributed by atoms with Crippen LogP contribution in [0.5, 0.6) is 0 Å². The van der Waals surface area contributed by atoms with Gasteiger partial charge in [-0.1, -0.05) is 0 Å². The molecule has 5 N–H and O–H groups in total. The van der Waals surface area contributed by atoms with Gasteiger partial charge >= 0.3 is 5.97 Å². The molecule has 0 radical (unpaired) electrons. The summed E-state index contributed by atoms with van der Waals surface area (Å²) in [6, 6.07) is 3.15. The number of carboxylic acids is 1. The van der Waals surface area contributed by atoms with Crippen LogP contribution >= 0.6 is 0 Å². The first-order valence-corrected chi connectivity index (χ1v) is 5.27. The van der Waals surface area contributed by atoms with E-state index < -0.39 is 5.97 Å². The number of aliphatic hydroxyl groups excluding tert-OH is 2. The fraction of sp³-hybridized carbons (Fsp3) is 0.200. The lowest BCUT2D eigenvalue weighted by atomic mass is 10.2. The van der Waals surface area contributed by atoms with Crippen molar-refractivity contribution >= 4 is 17.6 Å². The van der Waals surface area contributed by atoms with Gasteiger partial charge in [0.05, 0.1) is 30.3 Å². The number of pyridine rings is 1. The Hall–Kier alpha value is -2.52. The molecule has 2 rings (SSSR count). The number of hydrogen-bond acceptors (Lipinski definition) is 7. The van der Waals surface area contributed by atoms with E-state index in [1.165, 1.54) is 0 Å². The van der Waals surface area contributed by atoms with E-state index >= 15 is 0 Å². The van der Waals surface area contributed by atoms with Crippen LogP contribution < -0.4 is 5.32 Å². The second-order valence-corrected chi connectivity index (χ2v) is 3.55. The van der Waals surface area contributed by atoms with Gasteiger partial charge in [0.15, 0.2) is 0 Å². The number of aromatic carboxylic acids is 1. The van der Waals surface area contributed by atoms with E-state index in [0.29, 0.717) is 17.1 Å². The summed E-state index contributed by atoms with van der Waals surface area (Å²) < 4.78 is 0. The molecule has 9 heteroatoms. The molecular weight excluding hydrogens is 254 g/mol. The number of carboxylic acid groups (broad SMARTS) is 1. The minimum atomic E-state index is -1.23. The van der Waals surface area contributed by atoms with Crippen LogP contribution in [0.15, 0.2) is 12.1 Å². The maximum Gasteiger partial charge on any atom is 0.373 e. The minimum absolute atomic E-state index is 0.0469. The Labute approximate surface area is 107 Å². The van der Waals surface area contributed by atoms with E-state index in [9.17, 15) is 9.90 Å². The molecule has 0 saturated carbocycles. The minimum Gasteiger partial charge on any atom is -0.475 e. The van der Waals surface area contributed by atoms with Crippen molar-refractivity contribution in [2.75, 3.05) is 5.32 Å². The van der Waals surface area contributed by atoms with Crippen molar-refractivity contribution in [1.82, 2.24) is 20.2 Å². The molecule has 9 nitrogen and oxygen atoms in total. The highest BCUT2D eigenvalue weighted by Gasteiger charge is 2.11. The van der Waals surface area contributed by atoms with Gasteiger partial charge in [-0.15, -0.1) is 5.10 Å². The van der Waals surface area contributed by atoms with Crippen molar-refractivity contribution in [1.29, 1.82) is 0 Å². The molecule has 2 aromatic rings. The van der Waals surface area contributed by atoms with Gasteiger partial charge in [-0.05, 0) is 12.1 Å². The zero-order chi connectivity index (χ0) is 13.8. The second kappa shape index (κ2) is 5.42. The normalized spacial score (nSPS) is 10.4. The first-order valence-electron chi connectivity index (χ1n) is 5.27. The SMILES string of the molecule is O=C(O)c1nc(Nc2ccc(CO)nc2CO)n[nH]1. The molecule has 0 fully saturated rings. The van der Waals surface area contributed by atoms with Crippen molar-refractivity contribution in [3.05, 3.63) is 29.3 Å². The smallest absolute Gasteiger partial charge is 0.373 e. The zero-order valence-electron chi connectivity index (χ0n) is 9.66. The summed E-state index contributed by atoms with van der Waals surface area (Å²) >= 11 is 0. The van der Waals surface area contributed by atoms with Gasteiger partial charge in [-0.25, -0.2) is 4.79 Å². The van der Waals surface area contributed by atoms with Crippen molar-refractivity contribution < 1.29 is 20.1 Å². The summed E-state index contributed by atoms with van der Waals surface area (Å²) in [5.41, 5.74) is 1.14. The Bertz CT molecular complexity index is 597. The lowest BCUT2D eigenvalue weighted by Gasteiger charge is -2.07. The maximum absolute atomic E-state index is 10.6. The monoisotopic (exact) mass is 265 g/mol. The molecular formula is C10H11N5O4. The molecule has 0 bridgehead atoms. The zero-order valence-corrected chi connectivity index (χ0v) is 9.66. The van der Waals surface area contributed by atoms with Crippen LogP contribution in [0, 0.1) is 0 Å². The number of nitrogens with one attached hydrogen (secondary N) is 2. The van der Waals surface area contributed by atoms with Crippen molar-refractivity contribution in [3.63, 3.8) is 0 Å². The maximum atomic E-state index is 10.6. The van der Waals surface area contributed by atoms with E-state index in [1.54, 1.807) is 12.1 Å². The third-order valence-electron chi connectivity index (χ3n) is 2.28. The summed E-state index contributed by atoms with van der Waals surface area (Å²) in [5.74, 6) is -1.48. The summed E-state index contributed by atoms with van der Waals surface area (Å²) in [7, 11) is 0. The Morgan fingerprint density at radius 2 is 2.05 bits per heavy atom. The Kier molecular flexibility index (Phi) is 3.68. The molecule has 19 heavy (non-hydrogen) atoms. The molecule has 0 spiro atoms. The van der Waals surface area contributed by atoms with E-state index in [1.807, 2.05) is 0 Å². The molecule has 2 heterocycles. The Morgan fingerprint density at radius 1 is 1.26 bits per heavy atom. The highest BCUT2D eigenvalue weighted by molar-refractivity contribution is 5.83. The summed E-state index contributed by atoms with van der Waals surface area (Å²) in [4.78, 5) is 18.3. The molecule has 0 aliphatic heterocycles. The van der Waals surface area contributed by atoms with Crippen LogP contribution in [0.25, 0.3) is 0 Å². The van der Waals surface area contributed by atoms with Crippen LogP contribution in [-0.2, 0) is 13.2 Å². The number of H-pyrrole nitrogens is 1. The molecule has 0 saturated heterocycles. The summed E-state index contributed by atoms with van der Waals surface area (Å²) in [6.07, 6.45) is 0. The third-order valence-corrected chi connectivity index (χ3v) is 2.28. The first-order chi connectivity index (χ1) is 9.13. The third kappa shape index (κ3) is 2.84. The number of rotatable bonds is 5. The molecule has 100 valence electrons. The molecule has 0 aliphatic carbocycles. The van der Waals surface area contributed by atoms with E-state index in [0.717, 1.165) is 0 Å². The average molecular weight is 265 g/mol. The summed E-state index contributed by atoms with van der Waals surface area (Å²) in [5, 5.41) is 35.5. The topological polar surface area (TPSA) is 144 Å². The largest absolute Gasteiger partial charge is 0.475 e. The van der Waals surface area contributed by atoms with Crippen LogP contribution in [0.2, 0.25) is 0 Å². The number of aromatic amines is 1. The number of aromatic nitrogens is 4. The number of nitrogens with zero attached hydrogens (tertiary/aromatic N) is 3. The lowest BCUT2D eigenvalue weighted by Crippen LogP contribution is -2.03. The van der Waals surface area contributed by atoms with Gasteiger partial charge in [-0.3, -0.25) is 10.1 Å².